The Bertz CT molecular complexity index is 881. The first kappa shape index (κ1) is 20.9. The van der Waals surface area contributed by atoms with Crippen LogP contribution >= 0.6 is 0 Å². The van der Waals surface area contributed by atoms with Gasteiger partial charge in [0.2, 0.25) is 0 Å². The number of carbonyl (C=O) groups excluding carboxylic acids is 1. The van der Waals surface area contributed by atoms with Gasteiger partial charge in [0.05, 0.1) is 24.9 Å². The molecule has 1 atom stereocenters. The van der Waals surface area contributed by atoms with Crippen LogP contribution in [0.25, 0.3) is 0 Å². The summed E-state index contributed by atoms with van der Waals surface area (Å²) in [5, 5.41) is 20.3. The number of nitrogens with zero attached hydrogens (tertiary/aromatic N) is 2. The Labute approximate surface area is 165 Å². The van der Waals surface area contributed by atoms with Crippen LogP contribution in [0.5, 0.6) is 0 Å². The van der Waals surface area contributed by atoms with Gasteiger partial charge in [0.15, 0.2) is 0 Å². The minimum atomic E-state index is -0.872. The van der Waals surface area contributed by atoms with Gasteiger partial charge in [-0.3, -0.25) is 4.99 Å². The molecule has 0 fully saturated rings. The highest BCUT2D eigenvalue weighted by Gasteiger charge is 2.26. The van der Waals surface area contributed by atoms with Crippen LogP contribution in [-0.4, -0.2) is 23.4 Å². The Morgan fingerprint density at radius 2 is 1.68 bits per heavy atom. The summed E-state index contributed by atoms with van der Waals surface area (Å²) in [6.07, 6.45) is 0.290. The first-order chi connectivity index (χ1) is 13.6. The molecular weight excluding hydrogens is 352 g/mol. The van der Waals surface area contributed by atoms with Gasteiger partial charge in [-0.25, -0.2) is 4.79 Å². The van der Waals surface area contributed by atoms with E-state index in [0.717, 1.165) is 11.1 Å². The molecule has 5 heteroatoms. The highest BCUT2D eigenvalue weighted by Crippen LogP contribution is 2.20. The number of aliphatic hydroxyl groups excluding tert-OH is 1. The third-order valence-electron chi connectivity index (χ3n) is 4.21. The number of hydrogen-bond acceptors (Lipinski definition) is 5. The van der Waals surface area contributed by atoms with Crippen LogP contribution in [0.2, 0.25) is 0 Å². The molecule has 2 rings (SSSR count). The second-order valence-corrected chi connectivity index (χ2v) is 6.24. The average Bonchev–Trinajstić information content (AvgIpc) is 2.72. The standard InChI is InChI=1S/C23H24N2O3/c1-3-28-23(27)21(17(2)25-16-19-12-8-5-9-13-19)22(26)20(15-24)14-18-10-6-4-7-11-18/h4-13,20,26H,3,14,16H2,1-2H3/b22-21-,25-17?. The van der Waals surface area contributed by atoms with Crippen LogP contribution in [0.4, 0.5) is 0 Å². The summed E-state index contributed by atoms with van der Waals surface area (Å²) in [4.78, 5) is 16.9. The fourth-order valence-corrected chi connectivity index (χ4v) is 2.74. The monoisotopic (exact) mass is 376 g/mol. The lowest BCUT2D eigenvalue weighted by Gasteiger charge is -2.14. The number of benzene rings is 2. The van der Waals surface area contributed by atoms with Gasteiger partial charge in [-0.2, -0.15) is 5.26 Å². The molecule has 0 saturated carbocycles. The lowest BCUT2D eigenvalue weighted by Crippen LogP contribution is -2.20. The van der Waals surface area contributed by atoms with Gasteiger partial charge >= 0.3 is 5.97 Å². The summed E-state index contributed by atoms with van der Waals surface area (Å²) in [5.41, 5.74) is 2.17. The van der Waals surface area contributed by atoms with E-state index in [2.05, 4.69) is 11.1 Å². The Morgan fingerprint density at radius 1 is 1.11 bits per heavy atom. The molecule has 0 heterocycles. The van der Waals surface area contributed by atoms with Crippen molar-refractivity contribution in [1.82, 2.24) is 0 Å². The number of allylic oxidation sites excluding steroid dienone is 1. The second kappa shape index (κ2) is 10.7. The number of nitriles is 1. The molecule has 0 bridgehead atoms. The first-order valence-corrected chi connectivity index (χ1v) is 9.16. The molecule has 0 saturated heterocycles. The molecule has 1 N–H and O–H groups in total. The molecular formula is C23H24N2O3. The molecule has 0 aliphatic rings. The van der Waals surface area contributed by atoms with E-state index >= 15 is 0 Å². The third-order valence-corrected chi connectivity index (χ3v) is 4.21. The largest absolute Gasteiger partial charge is 0.510 e. The van der Waals surface area contributed by atoms with E-state index in [1.807, 2.05) is 60.7 Å². The predicted molar refractivity (Wildman–Crippen MR) is 109 cm³/mol. The van der Waals surface area contributed by atoms with Crippen LogP contribution in [-0.2, 0) is 22.5 Å². The van der Waals surface area contributed by atoms with Crippen LogP contribution in [0.15, 0.2) is 77.0 Å². The van der Waals surface area contributed by atoms with Crippen molar-refractivity contribution in [2.24, 2.45) is 10.9 Å². The van der Waals surface area contributed by atoms with Crippen LogP contribution in [0, 0.1) is 17.2 Å². The van der Waals surface area contributed by atoms with Gasteiger partial charge in [-0.1, -0.05) is 60.7 Å². The fourth-order valence-electron chi connectivity index (χ4n) is 2.74. The second-order valence-electron chi connectivity index (χ2n) is 6.24. The van der Waals surface area contributed by atoms with Crippen molar-refractivity contribution < 1.29 is 14.6 Å². The van der Waals surface area contributed by atoms with E-state index in [4.69, 9.17) is 4.74 Å². The average molecular weight is 376 g/mol. The molecule has 1 unspecified atom stereocenters. The third kappa shape index (κ3) is 5.82. The van der Waals surface area contributed by atoms with Crippen molar-refractivity contribution in [2.45, 2.75) is 26.8 Å². The molecule has 0 spiro atoms. The van der Waals surface area contributed by atoms with Gasteiger partial charge in [-0.15, -0.1) is 0 Å². The van der Waals surface area contributed by atoms with Crippen molar-refractivity contribution in [3.63, 3.8) is 0 Å². The summed E-state index contributed by atoms with van der Waals surface area (Å²) in [7, 11) is 0. The van der Waals surface area contributed by atoms with E-state index in [1.165, 1.54) is 0 Å². The highest BCUT2D eigenvalue weighted by atomic mass is 16.5. The minimum Gasteiger partial charge on any atom is -0.510 e. The molecule has 2 aromatic rings. The number of hydrogen-bond donors (Lipinski definition) is 1. The summed E-state index contributed by atoms with van der Waals surface area (Å²) >= 11 is 0. The van der Waals surface area contributed by atoms with E-state index in [1.54, 1.807) is 13.8 Å². The van der Waals surface area contributed by atoms with Gasteiger partial charge in [0.25, 0.3) is 0 Å². The Morgan fingerprint density at radius 3 is 2.21 bits per heavy atom. The quantitative estimate of drug-likeness (QED) is 0.320. The molecule has 0 radical (unpaired) electrons. The molecule has 0 amide bonds. The Balaban J connectivity index is 2.35. The minimum absolute atomic E-state index is 0.0414. The summed E-state index contributed by atoms with van der Waals surface area (Å²) < 4.78 is 5.10. The lowest BCUT2D eigenvalue weighted by molar-refractivity contribution is -0.138. The van der Waals surface area contributed by atoms with Crippen LogP contribution in [0.1, 0.15) is 25.0 Å². The Hall–Kier alpha value is -3.39. The summed E-state index contributed by atoms with van der Waals surface area (Å²) in [6, 6.07) is 21.0. The van der Waals surface area contributed by atoms with E-state index in [-0.39, 0.29) is 24.4 Å². The molecule has 5 nitrogen and oxygen atoms in total. The maximum absolute atomic E-state index is 12.5. The summed E-state index contributed by atoms with van der Waals surface area (Å²) in [5.74, 6) is -1.86. The smallest absolute Gasteiger partial charge is 0.343 e. The molecule has 2 aromatic carbocycles. The number of ether oxygens (including phenoxy) is 1. The normalized spacial score (nSPS) is 13.2. The Kier molecular flexibility index (Phi) is 7.98. The zero-order valence-corrected chi connectivity index (χ0v) is 16.1. The molecule has 0 aliphatic heterocycles. The number of esters is 1. The summed E-state index contributed by atoms with van der Waals surface area (Å²) in [6.45, 7) is 3.85. The van der Waals surface area contributed by atoms with Crippen LogP contribution < -0.4 is 0 Å². The maximum atomic E-state index is 12.5. The number of aliphatic hydroxyl groups is 1. The first-order valence-electron chi connectivity index (χ1n) is 9.16. The lowest BCUT2D eigenvalue weighted by atomic mass is 9.94. The van der Waals surface area contributed by atoms with E-state index < -0.39 is 11.9 Å². The maximum Gasteiger partial charge on any atom is 0.343 e. The molecule has 0 aliphatic carbocycles. The van der Waals surface area contributed by atoms with Crippen molar-refractivity contribution >= 4 is 11.7 Å². The van der Waals surface area contributed by atoms with Gasteiger partial charge in [0.1, 0.15) is 17.3 Å². The number of aliphatic imine (C=N–C) groups is 1. The van der Waals surface area contributed by atoms with Crippen molar-refractivity contribution in [1.29, 1.82) is 5.26 Å². The zero-order chi connectivity index (χ0) is 20.4. The molecule has 28 heavy (non-hydrogen) atoms. The number of carbonyl (C=O) groups is 1. The molecule has 0 aromatic heterocycles. The van der Waals surface area contributed by atoms with Gasteiger partial charge < -0.3 is 9.84 Å². The SMILES string of the molecule is CCOC(=O)/C(C(C)=NCc1ccccc1)=C(\O)C(C#N)Cc1ccccc1. The van der Waals surface area contributed by atoms with Crippen molar-refractivity contribution in [3.8, 4) is 6.07 Å². The topological polar surface area (TPSA) is 82.7 Å². The van der Waals surface area contributed by atoms with Gasteiger partial charge in [-0.05, 0) is 31.4 Å². The highest BCUT2D eigenvalue weighted by molar-refractivity contribution is 6.19. The van der Waals surface area contributed by atoms with Crippen LogP contribution in [0.3, 0.4) is 0 Å². The van der Waals surface area contributed by atoms with E-state index in [9.17, 15) is 15.2 Å². The predicted octanol–water partition coefficient (Wildman–Crippen LogP) is 4.41. The zero-order valence-electron chi connectivity index (χ0n) is 16.1. The van der Waals surface area contributed by atoms with E-state index in [0.29, 0.717) is 12.3 Å². The van der Waals surface area contributed by atoms with Gasteiger partial charge in [0, 0.05) is 0 Å². The fraction of sp³-hybridized carbons (Fsp3) is 0.261. The number of rotatable bonds is 8. The van der Waals surface area contributed by atoms with Crippen molar-refractivity contribution in [3.05, 3.63) is 83.1 Å². The molecule has 144 valence electrons. The van der Waals surface area contributed by atoms with Crippen molar-refractivity contribution in [2.75, 3.05) is 6.61 Å².